The van der Waals surface area contributed by atoms with E-state index < -0.39 is 11.6 Å². The van der Waals surface area contributed by atoms with Crippen molar-refractivity contribution in [3.63, 3.8) is 0 Å². The lowest BCUT2D eigenvalue weighted by Gasteiger charge is -2.19. The van der Waals surface area contributed by atoms with Crippen LogP contribution in [0.3, 0.4) is 0 Å². The van der Waals surface area contributed by atoms with Gasteiger partial charge in [0.25, 0.3) is 0 Å². The van der Waals surface area contributed by atoms with Crippen LogP contribution in [0.2, 0.25) is 0 Å². The van der Waals surface area contributed by atoms with E-state index in [9.17, 15) is 8.78 Å². The molecule has 5 heteroatoms. The predicted molar refractivity (Wildman–Crippen MR) is 68.8 cm³/mol. The van der Waals surface area contributed by atoms with Crippen molar-refractivity contribution in [1.29, 1.82) is 0 Å². The molecule has 0 aliphatic carbocycles. The minimum Gasteiger partial charge on any atom is -0.301 e. The lowest BCUT2D eigenvalue weighted by molar-refractivity contribution is 0.320. The lowest BCUT2D eigenvalue weighted by atomic mass is 10.2. The molecule has 0 N–H and O–H groups in total. The van der Waals surface area contributed by atoms with E-state index in [4.69, 9.17) is 0 Å². The van der Waals surface area contributed by atoms with E-state index in [1.54, 1.807) is 0 Å². The third-order valence-electron chi connectivity index (χ3n) is 2.13. The molecule has 1 atom stereocenters. The normalized spacial score (nSPS) is 13.2. The minimum absolute atomic E-state index is 0.102. The molecular formula is C11H13Br2F2N. The third kappa shape index (κ3) is 3.79. The Morgan fingerprint density at radius 2 is 2.00 bits per heavy atom. The molecule has 90 valence electrons. The molecule has 16 heavy (non-hydrogen) atoms. The zero-order chi connectivity index (χ0) is 12.3. The van der Waals surface area contributed by atoms with Gasteiger partial charge >= 0.3 is 0 Å². The molecule has 1 rings (SSSR count). The number of benzene rings is 1. The summed E-state index contributed by atoms with van der Waals surface area (Å²) in [5.74, 6) is -1.02. The van der Waals surface area contributed by atoms with E-state index >= 15 is 0 Å². The van der Waals surface area contributed by atoms with Crippen LogP contribution in [0.5, 0.6) is 0 Å². The minimum atomic E-state index is -0.519. The van der Waals surface area contributed by atoms with E-state index in [1.165, 1.54) is 12.1 Å². The van der Waals surface area contributed by atoms with Crippen LogP contribution < -0.4 is 0 Å². The third-order valence-corrected chi connectivity index (χ3v) is 3.03. The first-order valence-electron chi connectivity index (χ1n) is 4.86. The predicted octanol–water partition coefficient (Wildman–Crippen LogP) is 3.94. The van der Waals surface area contributed by atoms with E-state index in [0.29, 0.717) is 4.47 Å². The summed E-state index contributed by atoms with van der Waals surface area (Å²) < 4.78 is 27.4. The number of hydrogen-bond donors (Lipinski definition) is 0. The maximum atomic E-state index is 13.6. The molecule has 1 nitrogen and oxygen atoms in total. The maximum absolute atomic E-state index is 13.6. The summed E-state index contributed by atoms with van der Waals surface area (Å²) in [6.45, 7) is 2.97. The zero-order valence-corrected chi connectivity index (χ0v) is 12.3. The highest BCUT2D eigenvalue weighted by Gasteiger charge is 2.14. The Hall–Kier alpha value is -0.0000000000000000555. The van der Waals surface area contributed by atoms with E-state index in [0.717, 1.165) is 6.54 Å². The summed E-state index contributed by atoms with van der Waals surface area (Å²) in [5, 5.41) is 0. The van der Waals surface area contributed by atoms with Gasteiger partial charge in [0, 0.05) is 23.5 Å². The molecule has 1 aromatic carbocycles. The van der Waals surface area contributed by atoms with Gasteiger partial charge in [-0.05, 0) is 35.1 Å². The molecular weight excluding hydrogens is 344 g/mol. The number of halogens is 4. The topological polar surface area (TPSA) is 3.24 Å². The first-order chi connectivity index (χ1) is 7.41. The second-order valence-corrected chi connectivity index (χ2v) is 6.22. The average molecular weight is 357 g/mol. The molecule has 0 fully saturated rings. The molecule has 1 unspecified atom stereocenters. The van der Waals surface area contributed by atoms with Crippen LogP contribution >= 0.6 is 31.9 Å². The van der Waals surface area contributed by atoms with Crippen LogP contribution in [0, 0.1) is 11.6 Å². The molecule has 0 heterocycles. The van der Waals surface area contributed by atoms with E-state index in [-0.39, 0.29) is 16.9 Å². The highest BCUT2D eigenvalue weighted by Crippen LogP contribution is 2.22. The van der Waals surface area contributed by atoms with Crippen LogP contribution in [0.25, 0.3) is 0 Å². The van der Waals surface area contributed by atoms with Crippen molar-refractivity contribution in [2.45, 2.75) is 18.3 Å². The standard InChI is InChI=1S/C11H13Br2F2N/c1-7(12)5-16(2)6-8-10(14)4-3-9(13)11(8)15/h3-4,7H,5-6H2,1-2H3. The Morgan fingerprint density at radius 3 is 2.56 bits per heavy atom. The molecule has 0 aliphatic heterocycles. The van der Waals surface area contributed by atoms with Crippen LogP contribution in [0.4, 0.5) is 8.78 Å². The zero-order valence-electron chi connectivity index (χ0n) is 9.11. The van der Waals surface area contributed by atoms with Gasteiger partial charge in [-0.15, -0.1) is 0 Å². The second kappa shape index (κ2) is 6.07. The van der Waals surface area contributed by atoms with Gasteiger partial charge in [0.15, 0.2) is 0 Å². The summed E-state index contributed by atoms with van der Waals surface area (Å²) in [5.41, 5.74) is 0.102. The smallest absolute Gasteiger partial charge is 0.144 e. The summed E-state index contributed by atoms with van der Waals surface area (Å²) in [6, 6.07) is 2.65. The Morgan fingerprint density at radius 1 is 1.38 bits per heavy atom. The second-order valence-electron chi connectivity index (χ2n) is 3.80. The maximum Gasteiger partial charge on any atom is 0.144 e. The van der Waals surface area contributed by atoms with Gasteiger partial charge in [-0.3, -0.25) is 0 Å². The Balaban J connectivity index is 2.84. The Labute approximate surface area is 111 Å². The van der Waals surface area contributed by atoms with Gasteiger partial charge in [-0.2, -0.15) is 0 Å². The molecule has 1 aromatic rings. The largest absolute Gasteiger partial charge is 0.301 e. The van der Waals surface area contributed by atoms with E-state index in [2.05, 4.69) is 31.9 Å². The van der Waals surface area contributed by atoms with Crippen molar-refractivity contribution < 1.29 is 8.78 Å². The molecule has 0 amide bonds. The van der Waals surface area contributed by atoms with Crippen molar-refractivity contribution in [1.82, 2.24) is 4.90 Å². The molecule has 0 aromatic heterocycles. The fourth-order valence-corrected chi connectivity index (χ4v) is 2.34. The summed E-state index contributed by atoms with van der Waals surface area (Å²) >= 11 is 6.45. The highest BCUT2D eigenvalue weighted by molar-refractivity contribution is 9.10. The number of rotatable bonds is 4. The molecule has 0 bridgehead atoms. The van der Waals surface area contributed by atoms with Crippen molar-refractivity contribution in [2.24, 2.45) is 0 Å². The lowest BCUT2D eigenvalue weighted by Crippen LogP contribution is -2.25. The Kier molecular flexibility index (Phi) is 5.34. The number of alkyl halides is 1. The first-order valence-corrected chi connectivity index (χ1v) is 6.57. The first kappa shape index (κ1) is 14.1. The quantitative estimate of drug-likeness (QED) is 0.583. The van der Waals surface area contributed by atoms with Gasteiger partial charge in [0.1, 0.15) is 11.6 Å². The molecule has 0 saturated heterocycles. The van der Waals surface area contributed by atoms with Gasteiger partial charge < -0.3 is 4.90 Å². The van der Waals surface area contributed by atoms with Crippen molar-refractivity contribution >= 4 is 31.9 Å². The molecule has 0 spiro atoms. The summed E-state index contributed by atoms with van der Waals surface area (Å²) in [4.78, 5) is 2.16. The monoisotopic (exact) mass is 355 g/mol. The number of nitrogens with zero attached hydrogens (tertiary/aromatic N) is 1. The van der Waals surface area contributed by atoms with Crippen molar-refractivity contribution in [2.75, 3.05) is 13.6 Å². The Bertz CT molecular complexity index is 369. The molecule has 0 aliphatic rings. The van der Waals surface area contributed by atoms with Crippen LogP contribution in [0.15, 0.2) is 16.6 Å². The van der Waals surface area contributed by atoms with Gasteiger partial charge in [-0.25, -0.2) is 8.78 Å². The van der Waals surface area contributed by atoms with Crippen molar-refractivity contribution in [3.05, 3.63) is 33.8 Å². The van der Waals surface area contributed by atoms with Crippen LogP contribution in [0.1, 0.15) is 12.5 Å². The number of hydrogen-bond acceptors (Lipinski definition) is 1. The van der Waals surface area contributed by atoms with Gasteiger partial charge in [0.05, 0.1) is 4.47 Å². The van der Waals surface area contributed by atoms with E-state index in [1.807, 2.05) is 18.9 Å². The van der Waals surface area contributed by atoms with Crippen LogP contribution in [-0.2, 0) is 6.54 Å². The highest BCUT2D eigenvalue weighted by atomic mass is 79.9. The molecule has 0 saturated carbocycles. The molecule has 0 radical (unpaired) electrons. The SMILES string of the molecule is CC(Br)CN(C)Cc1c(F)ccc(Br)c1F. The van der Waals surface area contributed by atoms with Crippen LogP contribution in [-0.4, -0.2) is 23.3 Å². The van der Waals surface area contributed by atoms with Gasteiger partial charge in [-0.1, -0.05) is 22.9 Å². The van der Waals surface area contributed by atoms with Crippen molar-refractivity contribution in [3.8, 4) is 0 Å². The fraction of sp³-hybridized carbons (Fsp3) is 0.455. The fourth-order valence-electron chi connectivity index (χ4n) is 1.48. The van der Waals surface area contributed by atoms with Gasteiger partial charge in [0.2, 0.25) is 0 Å². The summed E-state index contributed by atoms with van der Waals surface area (Å²) in [7, 11) is 1.83. The average Bonchev–Trinajstić information content (AvgIpc) is 2.17. The summed E-state index contributed by atoms with van der Waals surface area (Å²) in [6.07, 6.45) is 0.